The highest BCUT2D eigenvalue weighted by molar-refractivity contribution is 8.00. The molecule has 1 aromatic heterocycles. The second-order valence-electron chi connectivity index (χ2n) is 13.2. The van der Waals surface area contributed by atoms with E-state index in [0.717, 1.165) is 20.8 Å². The fourth-order valence-electron chi connectivity index (χ4n) is 6.54. The van der Waals surface area contributed by atoms with E-state index in [4.69, 9.17) is 9.47 Å². The lowest BCUT2D eigenvalue weighted by Crippen LogP contribution is -2.70. The molecular formula is C40H41N2O6PS2. The van der Waals surface area contributed by atoms with Crippen LogP contribution in [0.25, 0.3) is 0 Å². The number of hydrogen-bond acceptors (Lipinski definition) is 8. The lowest BCUT2D eigenvalue weighted by molar-refractivity contribution is -0.159. The molecule has 4 aromatic rings. The molecule has 0 aliphatic carbocycles. The van der Waals surface area contributed by atoms with Gasteiger partial charge in [0, 0.05) is 17.1 Å². The van der Waals surface area contributed by atoms with Gasteiger partial charge in [-0.1, -0.05) is 97.1 Å². The maximum absolute atomic E-state index is 14.5. The number of rotatable bonds is 11. The Morgan fingerprint density at radius 2 is 1.41 bits per heavy atom. The first-order valence-corrected chi connectivity index (χ1v) is 20.6. The summed E-state index contributed by atoms with van der Waals surface area (Å²) in [6.07, 6.45) is 0.236. The number of nitrogens with zero attached hydrogens (tertiary/aromatic N) is 1. The third kappa shape index (κ3) is 7.50. The van der Waals surface area contributed by atoms with Gasteiger partial charge < -0.3 is 14.8 Å². The van der Waals surface area contributed by atoms with Gasteiger partial charge >= 0.3 is 11.9 Å². The normalized spacial score (nSPS) is 17.3. The summed E-state index contributed by atoms with van der Waals surface area (Å²) < 4.78 is 11.8. The lowest BCUT2D eigenvalue weighted by Gasteiger charge is -2.50. The third-order valence-electron chi connectivity index (χ3n) is 8.60. The number of esters is 2. The number of carbonyl (C=O) groups is 4. The summed E-state index contributed by atoms with van der Waals surface area (Å²) in [5.74, 6) is -1.42. The van der Waals surface area contributed by atoms with Crippen molar-refractivity contribution in [3.63, 3.8) is 0 Å². The molecule has 8 nitrogen and oxygen atoms in total. The number of amides is 2. The topological polar surface area (TPSA) is 102 Å². The number of hydrogen-bond donors (Lipinski definition) is 1. The Bertz CT molecular complexity index is 1890. The largest absolute Gasteiger partial charge is 0.463 e. The Labute approximate surface area is 307 Å². The van der Waals surface area contributed by atoms with Gasteiger partial charge in [0.25, 0.3) is 5.91 Å². The monoisotopic (exact) mass is 740 g/mol. The highest BCUT2D eigenvalue weighted by Crippen LogP contribution is 2.49. The lowest BCUT2D eigenvalue weighted by atomic mass is 10.00. The van der Waals surface area contributed by atoms with E-state index in [1.807, 2.05) is 109 Å². The second-order valence-corrected chi connectivity index (χ2v) is 18.8. The molecule has 0 unspecified atom stereocenters. The van der Waals surface area contributed by atoms with Crippen LogP contribution in [0.5, 0.6) is 0 Å². The van der Waals surface area contributed by atoms with Crippen LogP contribution in [-0.4, -0.2) is 63.3 Å². The predicted octanol–water partition coefficient (Wildman–Crippen LogP) is 5.41. The summed E-state index contributed by atoms with van der Waals surface area (Å²) >= 11 is 2.94. The van der Waals surface area contributed by atoms with E-state index in [1.165, 1.54) is 28.0 Å². The summed E-state index contributed by atoms with van der Waals surface area (Å²) in [4.78, 5) is 57.9. The van der Waals surface area contributed by atoms with Crippen LogP contribution >= 0.6 is 30.0 Å². The summed E-state index contributed by atoms with van der Waals surface area (Å²) in [5, 5.41) is 7.69. The maximum atomic E-state index is 14.5. The average molecular weight is 741 g/mol. The maximum Gasteiger partial charge on any atom is 0.355 e. The fourth-order valence-corrected chi connectivity index (χ4v) is 13.0. The van der Waals surface area contributed by atoms with Crippen LogP contribution in [0.4, 0.5) is 0 Å². The molecule has 0 saturated carbocycles. The van der Waals surface area contributed by atoms with Crippen molar-refractivity contribution in [1.29, 1.82) is 0 Å². The van der Waals surface area contributed by atoms with Gasteiger partial charge in [-0.15, -0.1) is 23.1 Å². The number of fused-ring (bicyclic) bond motifs is 1. The molecule has 1 fully saturated rings. The molecule has 2 atom stereocenters. The summed E-state index contributed by atoms with van der Waals surface area (Å²) in [6, 6.07) is 32.9. The van der Waals surface area contributed by atoms with Gasteiger partial charge in [-0.05, 0) is 67.5 Å². The average Bonchev–Trinajstić information content (AvgIpc) is 3.64. The Kier molecular flexibility index (Phi) is 11.1. The van der Waals surface area contributed by atoms with Gasteiger partial charge in [0.05, 0.1) is 18.3 Å². The molecular weight excluding hydrogens is 700 g/mol. The SMILES string of the molecule is CCOC(=O)C(CC1=C(C(=O)OC(C)(C)C)N2C(=O)[C@@H](NC(=O)Cc3cccs3)[C@H]2SC1)=P(c1ccccc1)(c1ccccc1)c1ccccc1. The molecule has 3 aromatic carbocycles. The molecule has 0 radical (unpaired) electrons. The quantitative estimate of drug-likeness (QED) is 0.125. The molecule has 3 heterocycles. The molecule has 11 heteroatoms. The van der Waals surface area contributed by atoms with Crippen molar-refractivity contribution < 1.29 is 28.7 Å². The number of β-lactam (4-membered cyclic amide) rings is 1. The molecule has 2 amide bonds. The van der Waals surface area contributed by atoms with Gasteiger partial charge in [0.1, 0.15) is 22.7 Å². The van der Waals surface area contributed by atoms with Gasteiger partial charge in [0.2, 0.25) is 5.91 Å². The van der Waals surface area contributed by atoms with E-state index < -0.39 is 41.7 Å². The molecule has 2 aliphatic heterocycles. The Balaban J connectivity index is 1.54. The predicted molar refractivity (Wildman–Crippen MR) is 207 cm³/mol. The minimum absolute atomic E-state index is 0.0682. The summed E-state index contributed by atoms with van der Waals surface area (Å²) in [7, 11) is 0. The van der Waals surface area contributed by atoms with Crippen molar-refractivity contribution in [2.24, 2.45) is 0 Å². The number of carbonyl (C=O) groups excluding carboxylic acids is 4. The van der Waals surface area contributed by atoms with Gasteiger partial charge in [-0.3, -0.25) is 14.5 Å². The van der Waals surface area contributed by atoms with Gasteiger partial charge in [-0.25, -0.2) is 9.59 Å². The van der Waals surface area contributed by atoms with E-state index >= 15 is 0 Å². The molecule has 6 rings (SSSR count). The Morgan fingerprint density at radius 3 is 1.90 bits per heavy atom. The molecule has 264 valence electrons. The molecule has 2 aliphatic rings. The fraction of sp³-hybridized carbons (Fsp3) is 0.275. The zero-order valence-electron chi connectivity index (χ0n) is 29.0. The standard InChI is InChI=1S/C40H41N2O6PS2/c1-5-47-38(45)32(49(28-16-9-6-10-17-28,29-18-11-7-12-19-29)30-20-13-8-14-21-30)24-27-26-51-37-34(41-33(43)25-31-22-15-23-50-31)36(44)42(37)35(27)39(46)48-40(2,3)4/h6-23,34,37H,5,24-26H2,1-4H3,(H,41,43)/t34-,37-/m1/s1. The van der Waals surface area contributed by atoms with E-state index in [1.54, 1.807) is 27.7 Å². The highest BCUT2D eigenvalue weighted by atomic mass is 32.2. The molecule has 51 heavy (non-hydrogen) atoms. The first-order valence-electron chi connectivity index (χ1n) is 16.9. The van der Waals surface area contributed by atoms with Crippen LogP contribution in [0.15, 0.2) is 120 Å². The van der Waals surface area contributed by atoms with Crippen LogP contribution in [-0.2, 0) is 35.1 Å². The zero-order chi connectivity index (χ0) is 36.2. The molecule has 1 saturated heterocycles. The van der Waals surface area contributed by atoms with Crippen molar-refractivity contribution in [3.8, 4) is 0 Å². The van der Waals surface area contributed by atoms with Crippen molar-refractivity contribution in [3.05, 3.63) is 125 Å². The van der Waals surface area contributed by atoms with E-state index in [2.05, 4.69) is 5.32 Å². The van der Waals surface area contributed by atoms with Crippen LogP contribution < -0.4 is 21.2 Å². The molecule has 0 spiro atoms. The summed E-state index contributed by atoms with van der Waals surface area (Å²) in [6.45, 7) is 4.35. The van der Waals surface area contributed by atoms with Crippen LogP contribution in [0.1, 0.15) is 39.0 Å². The van der Waals surface area contributed by atoms with E-state index in [9.17, 15) is 19.2 Å². The summed E-state index contributed by atoms with van der Waals surface area (Å²) in [5.41, 5.74) is -0.131. The first kappa shape index (κ1) is 36.4. The van der Waals surface area contributed by atoms with Crippen LogP contribution in [0.3, 0.4) is 0 Å². The van der Waals surface area contributed by atoms with Gasteiger partial charge in [0.15, 0.2) is 0 Å². The number of thiophene rings is 1. The number of nitrogens with one attached hydrogen (secondary N) is 1. The van der Waals surface area contributed by atoms with Crippen molar-refractivity contribution >= 4 is 74.9 Å². The van der Waals surface area contributed by atoms with Crippen LogP contribution in [0, 0.1) is 0 Å². The smallest absolute Gasteiger partial charge is 0.355 e. The third-order valence-corrected chi connectivity index (χ3v) is 15.2. The Hall–Kier alpha value is -4.37. The molecule has 1 N–H and O–H groups in total. The number of ether oxygens (including phenoxy) is 2. The second kappa shape index (κ2) is 15.5. The first-order chi connectivity index (χ1) is 24.5. The Morgan fingerprint density at radius 1 is 0.843 bits per heavy atom. The highest BCUT2D eigenvalue weighted by Gasteiger charge is 2.55. The minimum Gasteiger partial charge on any atom is -0.463 e. The van der Waals surface area contributed by atoms with Crippen molar-refractivity contribution in [1.82, 2.24) is 10.2 Å². The zero-order valence-corrected chi connectivity index (χ0v) is 31.6. The van der Waals surface area contributed by atoms with Crippen molar-refractivity contribution in [2.75, 3.05) is 12.4 Å². The minimum atomic E-state index is -2.92. The van der Waals surface area contributed by atoms with E-state index in [0.29, 0.717) is 16.6 Å². The number of benzene rings is 3. The number of thioether (sulfide) groups is 1. The van der Waals surface area contributed by atoms with Crippen LogP contribution in [0.2, 0.25) is 0 Å². The van der Waals surface area contributed by atoms with Gasteiger partial charge in [-0.2, -0.15) is 0 Å². The van der Waals surface area contributed by atoms with Crippen molar-refractivity contribution in [2.45, 2.75) is 57.6 Å². The van der Waals surface area contributed by atoms with E-state index in [-0.39, 0.29) is 31.1 Å². The molecule has 0 bridgehead atoms.